The molecule has 3 aromatic rings. The normalized spacial score (nSPS) is 10.6. The highest BCUT2D eigenvalue weighted by Gasteiger charge is 2.19. The average molecular weight is 462 g/mol. The van der Waals surface area contributed by atoms with E-state index in [0.717, 1.165) is 44.8 Å². The third-order valence-corrected chi connectivity index (χ3v) is 6.30. The third-order valence-electron chi connectivity index (χ3n) is 5.99. The van der Waals surface area contributed by atoms with Crippen molar-refractivity contribution in [2.24, 2.45) is 5.73 Å². The molecule has 2 amide bonds. The number of nitrogens with two attached hydrogens (primary N) is 1. The molecular weight excluding hydrogens is 434 g/mol. The van der Waals surface area contributed by atoms with Gasteiger partial charge in [-0.3, -0.25) is 9.59 Å². The van der Waals surface area contributed by atoms with Crippen molar-refractivity contribution in [2.45, 2.75) is 33.6 Å². The zero-order chi connectivity index (χ0) is 24.3. The number of hydrogen-bond acceptors (Lipinski definition) is 3. The van der Waals surface area contributed by atoms with Gasteiger partial charge >= 0.3 is 0 Å². The molecule has 3 rings (SSSR count). The Morgan fingerprint density at radius 1 is 0.727 bits per heavy atom. The van der Waals surface area contributed by atoms with Crippen LogP contribution in [-0.2, 0) is 5.88 Å². The Morgan fingerprint density at radius 3 is 1.39 bits per heavy atom. The molecular formula is C27H28ClN3O2. The van der Waals surface area contributed by atoms with Crippen LogP contribution in [0, 0.1) is 27.7 Å². The fraction of sp³-hybridized carbons (Fsp3) is 0.185. The van der Waals surface area contributed by atoms with E-state index in [1.165, 1.54) is 0 Å². The van der Waals surface area contributed by atoms with Crippen LogP contribution in [0.2, 0.25) is 0 Å². The fourth-order valence-electron chi connectivity index (χ4n) is 3.64. The first-order valence-electron chi connectivity index (χ1n) is 10.6. The van der Waals surface area contributed by atoms with E-state index in [9.17, 15) is 9.59 Å². The molecule has 6 heteroatoms. The van der Waals surface area contributed by atoms with E-state index in [4.69, 9.17) is 17.3 Å². The first-order chi connectivity index (χ1) is 15.6. The maximum atomic E-state index is 12.9. The highest BCUT2D eigenvalue weighted by molar-refractivity contribution is 6.17. The Morgan fingerprint density at radius 2 is 1.06 bits per heavy atom. The molecule has 0 aliphatic carbocycles. The lowest BCUT2D eigenvalue weighted by atomic mass is 9.95. The second-order valence-electron chi connectivity index (χ2n) is 8.09. The van der Waals surface area contributed by atoms with Crippen molar-refractivity contribution in [1.82, 2.24) is 0 Å². The van der Waals surface area contributed by atoms with Gasteiger partial charge in [0.25, 0.3) is 11.8 Å². The van der Waals surface area contributed by atoms with Gasteiger partial charge in [0, 0.05) is 34.1 Å². The molecule has 170 valence electrons. The van der Waals surface area contributed by atoms with Crippen LogP contribution < -0.4 is 16.4 Å². The lowest BCUT2D eigenvalue weighted by molar-refractivity contribution is 0.101. The second kappa shape index (κ2) is 9.92. The first kappa shape index (κ1) is 24.1. The SMILES string of the molecule is C=C(N)c1ccc(C(=O)Nc2c(C)c(C)c(NC(=O)c3ccc(CCl)cc3)c(C)c2C)cc1. The summed E-state index contributed by atoms with van der Waals surface area (Å²) in [5.74, 6) is -0.0112. The van der Waals surface area contributed by atoms with Crippen LogP contribution in [0.1, 0.15) is 54.1 Å². The van der Waals surface area contributed by atoms with Crippen LogP contribution in [0.5, 0.6) is 0 Å². The lowest BCUT2D eigenvalue weighted by Crippen LogP contribution is -2.18. The molecule has 0 aliphatic heterocycles. The number of halogens is 1. The molecule has 4 N–H and O–H groups in total. The minimum atomic E-state index is -0.217. The molecule has 0 saturated heterocycles. The Balaban J connectivity index is 1.87. The minimum Gasteiger partial charge on any atom is -0.399 e. The predicted octanol–water partition coefficient (Wildman–Crippen LogP) is 6.09. The summed E-state index contributed by atoms with van der Waals surface area (Å²) in [4.78, 5) is 25.7. The number of carbonyl (C=O) groups is 2. The Labute approximate surface area is 199 Å². The van der Waals surface area contributed by atoms with E-state index in [1.54, 1.807) is 36.4 Å². The molecule has 0 atom stereocenters. The number of nitrogens with one attached hydrogen (secondary N) is 2. The maximum absolute atomic E-state index is 12.9. The first-order valence-corrected chi connectivity index (χ1v) is 11.1. The third kappa shape index (κ3) is 5.10. The Bertz CT molecular complexity index is 1200. The summed E-state index contributed by atoms with van der Waals surface area (Å²) in [6, 6.07) is 14.2. The van der Waals surface area contributed by atoms with Crippen molar-refractivity contribution in [3.63, 3.8) is 0 Å². The van der Waals surface area contributed by atoms with Crippen molar-refractivity contribution in [2.75, 3.05) is 10.6 Å². The van der Waals surface area contributed by atoms with Crippen molar-refractivity contribution in [1.29, 1.82) is 0 Å². The highest BCUT2D eigenvalue weighted by Crippen LogP contribution is 2.34. The molecule has 0 heterocycles. The molecule has 0 fully saturated rings. The molecule has 0 aromatic heterocycles. The number of amides is 2. The second-order valence-corrected chi connectivity index (χ2v) is 8.36. The molecule has 3 aromatic carbocycles. The van der Waals surface area contributed by atoms with Crippen LogP contribution >= 0.6 is 11.6 Å². The van der Waals surface area contributed by atoms with Gasteiger partial charge < -0.3 is 16.4 Å². The highest BCUT2D eigenvalue weighted by atomic mass is 35.5. The van der Waals surface area contributed by atoms with Gasteiger partial charge in [0.05, 0.1) is 0 Å². The van der Waals surface area contributed by atoms with Gasteiger partial charge in [0.1, 0.15) is 0 Å². The summed E-state index contributed by atoms with van der Waals surface area (Å²) in [7, 11) is 0. The predicted molar refractivity (Wildman–Crippen MR) is 137 cm³/mol. The Kier molecular flexibility index (Phi) is 7.24. The van der Waals surface area contributed by atoms with Crippen LogP contribution in [0.25, 0.3) is 5.70 Å². The van der Waals surface area contributed by atoms with Gasteiger partial charge in [0.2, 0.25) is 0 Å². The van der Waals surface area contributed by atoms with Gasteiger partial charge in [-0.25, -0.2) is 0 Å². The minimum absolute atomic E-state index is 0.195. The van der Waals surface area contributed by atoms with Crippen LogP contribution in [0.3, 0.4) is 0 Å². The van der Waals surface area contributed by atoms with E-state index >= 15 is 0 Å². The quantitative estimate of drug-likeness (QED) is 0.388. The molecule has 0 aliphatic rings. The van der Waals surface area contributed by atoms with Crippen molar-refractivity contribution in [3.8, 4) is 0 Å². The number of benzene rings is 3. The van der Waals surface area contributed by atoms with Crippen molar-refractivity contribution >= 4 is 40.5 Å². The zero-order valence-corrected chi connectivity index (χ0v) is 20.1. The van der Waals surface area contributed by atoms with Crippen molar-refractivity contribution < 1.29 is 9.59 Å². The molecule has 5 nitrogen and oxygen atoms in total. The van der Waals surface area contributed by atoms with Gasteiger partial charge in [-0.15, -0.1) is 11.6 Å². The molecule has 0 spiro atoms. The summed E-state index contributed by atoms with van der Waals surface area (Å²) in [5, 5.41) is 6.07. The van der Waals surface area contributed by atoms with Crippen LogP contribution in [0.4, 0.5) is 11.4 Å². The van der Waals surface area contributed by atoms with E-state index in [-0.39, 0.29) is 11.8 Å². The number of hydrogen-bond donors (Lipinski definition) is 3. The van der Waals surface area contributed by atoms with E-state index < -0.39 is 0 Å². The number of carbonyl (C=O) groups excluding carboxylic acids is 2. The van der Waals surface area contributed by atoms with Gasteiger partial charge in [-0.05, 0) is 85.3 Å². The molecule has 0 unspecified atom stereocenters. The summed E-state index contributed by atoms with van der Waals surface area (Å²) in [6.45, 7) is 11.4. The molecule has 0 radical (unpaired) electrons. The summed E-state index contributed by atoms with van der Waals surface area (Å²) >= 11 is 5.84. The van der Waals surface area contributed by atoms with E-state index in [1.807, 2.05) is 39.8 Å². The topological polar surface area (TPSA) is 84.2 Å². The van der Waals surface area contributed by atoms with Gasteiger partial charge in [-0.1, -0.05) is 30.8 Å². The van der Waals surface area contributed by atoms with Crippen LogP contribution in [0.15, 0.2) is 55.1 Å². The van der Waals surface area contributed by atoms with E-state index in [2.05, 4.69) is 17.2 Å². The molecule has 0 bridgehead atoms. The summed E-state index contributed by atoms with van der Waals surface area (Å²) in [5.41, 5.74) is 14.0. The monoisotopic (exact) mass is 461 g/mol. The number of anilines is 2. The van der Waals surface area contributed by atoms with E-state index in [0.29, 0.717) is 22.7 Å². The maximum Gasteiger partial charge on any atom is 0.255 e. The van der Waals surface area contributed by atoms with Crippen LogP contribution in [-0.4, -0.2) is 11.8 Å². The number of rotatable bonds is 6. The standard InChI is InChI=1S/C27H28ClN3O2/c1-15-17(3)25(31-27(33)23-12-10-21(11-13-23)19(5)29)18(4)16(2)24(15)30-26(32)22-8-6-20(14-28)7-9-22/h6-13H,5,14,29H2,1-4H3,(H,30,32)(H,31,33). The fourth-order valence-corrected chi connectivity index (χ4v) is 3.82. The zero-order valence-electron chi connectivity index (χ0n) is 19.3. The van der Waals surface area contributed by atoms with Gasteiger partial charge in [0.15, 0.2) is 0 Å². The summed E-state index contributed by atoms with van der Waals surface area (Å²) in [6.07, 6.45) is 0. The smallest absolute Gasteiger partial charge is 0.255 e. The largest absolute Gasteiger partial charge is 0.399 e. The lowest BCUT2D eigenvalue weighted by Gasteiger charge is -2.21. The summed E-state index contributed by atoms with van der Waals surface area (Å²) < 4.78 is 0. The van der Waals surface area contributed by atoms with Gasteiger partial charge in [-0.2, -0.15) is 0 Å². The molecule has 0 saturated carbocycles. The molecule has 33 heavy (non-hydrogen) atoms. The number of alkyl halides is 1. The Hall–Kier alpha value is -3.57. The van der Waals surface area contributed by atoms with Crippen molar-refractivity contribution in [3.05, 3.63) is 99.6 Å². The average Bonchev–Trinajstić information content (AvgIpc) is 2.83.